The van der Waals surface area contributed by atoms with Crippen molar-refractivity contribution in [2.75, 3.05) is 5.73 Å². The van der Waals surface area contributed by atoms with Crippen LogP contribution in [0.1, 0.15) is 49.5 Å². The van der Waals surface area contributed by atoms with E-state index in [9.17, 15) is 19.2 Å². The molecule has 24 heavy (non-hydrogen) atoms. The second-order valence-corrected chi connectivity index (χ2v) is 5.86. The van der Waals surface area contributed by atoms with Gasteiger partial charge < -0.3 is 5.73 Å². The van der Waals surface area contributed by atoms with Crippen molar-refractivity contribution in [3.63, 3.8) is 0 Å². The number of hydrogen-bond acceptors (Lipinski definition) is 5. The predicted octanol–water partition coefficient (Wildman–Crippen LogP) is 0.822. The van der Waals surface area contributed by atoms with Crippen molar-refractivity contribution in [2.45, 2.75) is 19.3 Å². The van der Waals surface area contributed by atoms with E-state index >= 15 is 0 Å². The first-order valence-corrected chi connectivity index (χ1v) is 7.55. The van der Waals surface area contributed by atoms with Gasteiger partial charge >= 0.3 is 0 Å². The van der Waals surface area contributed by atoms with E-state index in [1.54, 1.807) is 12.1 Å². The number of nitrogens with two attached hydrogens (primary N) is 1. The molecule has 3 N–H and O–H groups in total. The van der Waals surface area contributed by atoms with E-state index < -0.39 is 17.4 Å². The Morgan fingerprint density at radius 3 is 2.58 bits per heavy atom. The third-order valence-electron chi connectivity index (χ3n) is 4.45. The summed E-state index contributed by atoms with van der Waals surface area (Å²) >= 11 is 0. The minimum absolute atomic E-state index is 0.0274. The van der Waals surface area contributed by atoms with Crippen LogP contribution in [0, 0.1) is 0 Å². The van der Waals surface area contributed by atoms with Gasteiger partial charge in [0.05, 0.1) is 16.8 Å². The lowest BCUT2D eigenvalue weighted by Crippen LogP contribution is -2.26. The molecule has 0 fully saturated rings. The Bertz CT molecular complexity index is 1000. The molecule has 1 aliphatic carbocycles. The van der Waals surface area contributed by atoms with Crippen LogP contribution in [0.2, 0.25) is 0 Å². The Morgan fingerprint density at radius 1 is 1.00 bits per heavy atom. The molecule has 0 unspecified atom stereocenters. The van der Waals surface area contributed by atoms with E-state index in [1.807, 2.05) is 6.07 Å². The molecule has 1 aliphatic heterocycles. The number of ketones is 1. The zero-order valence-electron chi connectivity index (χ0n) is 12.6. The van der Waals surface area contributed by atoms with Crippen molar-refractivity contribution in [1.82, 2.24) is 9.88 Å². The molecule has 2 aromatic rings. The molecule has 0 atom stereocenters. The first-order chi connectivity index (χ1) is 11.5. The maximum atomic E-state index is 12.5. The zero-order valence-corrected chi connectivity index (χ0v) is 12.6. The smallest absolute Gasteiger partial charge is 0.262 e. The summed E-state index contributed by atoms with van der Waals surface area (Å²) in [5.41, 5.74) is 7.10. The fraction of sp³-hybridized carbons (Fsp3) is 0.176. The molecule has 1 aromatic heterocycles. The molecular formula is C17H13N3O4. The molecule has 7 heteroatoms. The van der Waals surface area contributed by atoms with Gasteiger partial charge in [-0.15, -0.1) is 0 Å². The SMILES string of the molecule is Nc1c2c(cc(=O)n1-c1cccc3c1C(=O)CCC3)C(=O)NC2=O. The van der Waals surface area contributed by atoms with Gasteiger partial charge in [-0.05, 0) is 24.5 Å². The van der Waals surface area contributed by atoms with Crippen LogP contribution in [0.25, 0.3) is 5.69 Å². The van der Waals surface area contributed by atoms with Gasteiger partial charge in [-0.2, -0.15) is 0 Å². The number of rotatable bonds is 1. The van der Waals surface area contributed by atoms with E-state index in [-0.39, 0.29) is 22.7 Å². The maximum absolute atomic E-state index is 12.5. The van der Waals surface area contributed by atoms with Crippen LogP contribution in [0.5, 0.6) is 0 Å². The lowest BCUT2D eigenvalue weighted by atomic mass is 9.89. The molecule has 1 aromatic carbocycles. The van der Waals surface area contributed by atoms with Gasteiger partial charge in [0, 0.05) is 18.1 Å². The van der Waals surface area contributed by atoms with Crippen molar-refractivity contribution < 1.29 is 14.4 Å². The minimum Gasteiger partial charge on any atom is -0.384 e. The molecule has 2 amide bonds. The molecule has 7 nitrogen and oxygen atoms in total. The number of fused-ring (bicyclic) bond motifs is 2. The molecule has 0 saturated heterocycles. The summed E-state index contributed by atoms with van der Waals surface area (Å²) in [7, 11) is 0. The number of anilines is 1. The van der Waals surface area contributed by atoms with Gasteiger partial charge in [0.1, 0.15) is 5.82 Å². The first-order valence-electron chi connectivity index (χ1n) is 7.55. The molecule has 0 bridgehead atoms. The lowest BCUT2D eigenvalue weighted by molar-refractivity contribution is 0.0878. The van der Waals surface area contributed by atoms with Crippen LogP contribution in [0.15, 0.2) is 29.1 Å². The number of nitrogens with zero attached hydrogens (tertiary/aromatic N) is 1. The van der Waals surface area contributed by atoms with Crippen molar-refractivity contribution in [1.29, 1.82) is 0 Å². The monoisotopic (exact) mass is 323 g/mol. The Balaban J connectivity index is 2.06. The number of pyridine rings is 1. The Hall–Kier alpha value is -3.22. The quantitative estimate of drug-likeness (QED) is 0.755. The van der Waals surface area contributed by atoms with Crippen LogP contribution in [0.3, 0.4) is 0 Å². The van der Waals surface area contributed by atoms with Crippen LogP contribution >= 0.6 is 0 Å². The summed E-state index contributed by atoms with van der Waals surface area (Å²) in [5, 5.41) is 2.12. The van der Waals surface area contributed by atoms with Crippen LogP contribution in [-0.2, 0) is 6.42 Å². The minimum atomic E-state index is -0.642. The number of Topliss-reactive ketones (excluding diaryl/α,β-unsaturated/α-hetero) is 1. The van der Waals surface area contributed by atoms with E-state index in [4.69, 9.17) is 5.73 Å². The number of imide groups is 1. The van der Waals surface area contributed by atoms with E-state index in [2.05, 4.69) is 5.32 Å². The number of amides is 2. The highest BCUT2D eigenvalue weighted by Gasteiger charge is 2.33. The van der Waals surface area contributed by atoms with Gasteiger partial charge in [0.2, 0.25) is 0 Å². The largest absolute Gasteiger partial charge is 0.384 e. The molecule has 120 valence electrons. The summed E-state index contributed by atoms with van der Waals surface area (Å²) in [5.74, 6) is -1.47. The topological polar surface area (TPSA) is 111 Å². The van der Waals surface area contributed by atoms with Gasteiger partial charge in [0.15, 0.2) is 5.78 Å². The molecule has 2 heterocycles. The Kier molecular flexibility index (Phi) is 2.93. The number of aryl methyl sites for hydroxylation is 1. The first kappa shape index (κ1) is 14.4. The number of nitrogens with one attached hydrogen (secondary N) is 1. The van der Waals surface area contributed by atoms with Crippen LogP contribution in [-0.4, -0.2) is 22.2 Å². The predicted molar refractivity (Wildman–Crippen MR) is 85.5 cm³/mol. The highest BCUT2D eigenvalue weighted by molar-refractivity contribution is 6.23. The second kappa shape index (κ2) is 4.89. The molecular weight excluding hydrogens is 310 g/mol. The maximum Gasteiger partial charge on any atom is 0.262 e. The number of carbonyl (C=O) groups is 3. The van der Waals surface area contributed by atoms with Gasteiger partial charge in [-0.1, -0.05) is 12.1 Å². The summed E-state index contributed by atoms with van der Waals surface area (Å²) in [6, 6.07) is 6.30. The Labute approximate surface area is 136 Å². The normalized spacial score (nSPS) is 15.9. The van der Waals surface area contributed by atoms with Crippen molar-refractivity contribution in [3.05, 3.63) is 56.9 Å². The fourth-order valence-electron chi connectivity index (χ4n) is 3.40. The highest BCUT2D eigenvalue weighted by Crippen LogP contribution is 2.29. The summed E-state index contributed by atoms with van der Waals surface area (Å²) in [4.78, 5) is 48.6. The van der Waals surface area contributed by atoms with Gasteiger partial charge in [0.25, 0.3) is 17.4 Å². The highest BCUT2D eigenvalue weighted by atomic mass is 16.2. The van der Waals surface area contributed by atoms with Gasteiger partial charge in [-0.25, -0.2) is 0 Å². The molecule has 0 saturated carbocycles. The molecule has 4 rings (SSSR count). The summed E-state index contributed by atoms with van der Waals surface area (Å²) in [6.07, 6.45) is 1.91. The van der Waals surface area contributed by atoms with E-state index in [0.717, 1.165) is 29.0 Å². The second-order valence-electron chi connectivity index (χ2n) is 5.86. The lowest BCUT2D eigenvalue weighted by Gasteiger charge is -2.20. The third-order valence-corrected chi connectivity index (χ3v) is 4.45. The standard InChI is InChI=1S/C17H13N3O4/c18-15-14-9(16(23)19-17(14)24)7-12(22)20(15)10-5-1-3-8-4-2-6-11(21)13(8)10/h1,3,5,7H,2,4,6,18H2,(H,19,23,24). The molecule has 2 aliphatic rings. The Morgan fingerprint density at radius 2 is 1.79 bits per heavy atom. The number of nitrogen functional groups attached to an aromatic ring is 1. The molecule has 0 spiro atoms. The fourth-order valence-corrected chi connectivity index (χ4v) is 3.40. The van der Waals surface area contributed by atoms with E-state index in [1.165, 1.54) is 0 Å². The van der Waals surface area contributed by atoms with Crippen molar-refractivity contribution in [2.24, 2.45) is 0 Å². The number of benzene rings is 1. The van der Waals surface area contributed by atoms with Crippen LogP contribution < -0.4 is 16.6 Å². The number of hydrogen-bond donors (Lipinski definition) is 2. The summed E-state index contributed by atoms with van der Waals surface area (Å²) in [6.45, 7) is 0. The van der Waals surface area contributed by atoms with Crippen molar-refractivity contribution in [3.8, 4) is 5.69 Å². The third kappa shape index (κ3) is 1.84. The molecule has 0 radical (unpaired) electrons. The van der Waals surface area contributed by atoms with Crippen molar-refractivity contribution >= 4 is 23.4 Å². The summed E-state index contributed by atoms with van der Waals surface area (Å²) < 4.78 is 1.14. The van der Waals surface area contributed by atoms with Crippen LogP contribution in [0.4, 0.5) is 5.82 Å². The average Bonchev–Trinajstić information content (AvgIpc) is 2.82. The number of carbonyl (C=O) groups excluding carboxylic acids is 3. The van der Waals surface area contributed by atoms with E-state index in [0.29, 0.717) is 17.7 Å². The number of aromatic nitrogens is 1. The van der Waals surface area contributed by atoms with Gasteiger partial charge in [-0.3, -0.25) is 29.1 Å². The zero-order chi connectivity index (χ0) is 17.0. The average molecular weight is 323 g/mol.